The number of aromatic nitrogens is 2. The van der Waals surface area contributed by atoms with Gasteiger partial charge in [-0.15, -0.1) is 0 Å². The van der Waals surface area contributed by atoms with Crippen LogP contribution in [-0.4, -0.2) is 27.6 Å². The van der Waals surface area contributed by atoms with Crippen LogP contribution in [0.3, 0.4) is 0 Å². The Bertz CT molecular complexity index is 521. The normalized spacial score (nSPS) is 21.6. The Labute approximate surface area is 118 Å². The monoisotopic (exact) mass is 276 g/mol. The van der Waals surface area contributed by atoms with Gasteiger partial charge in [0.2, 0.25) is 11.8 Å². The highest BCUT2D eigenvalue weighted by atomic mass is 16.2. The SMILES string of the molecule is Cn1cc(CCC(=O)N[C@@H]2CC=CC[C@H]2C(N)=O)cn1. The minimum atomic E-state index is -0.355. The number of aryl methyl sites for hydroxylation is 2. The van der Waals surface area contributed by atoms with Gasteiger partial charge in [-0.2, -0.15) is 5.10 Å². The van der Waals surface area contributed by atoms with Crippen molar-refractivity contribution < 1.29 is 9.59 Å². The van der Waals surface area contributed by atoms with Gasteiger partial charge in [0.1, 0.15) is 0 Å². The van der Waals surface area contributed by atoms with Crippen LogP contribution in [0.2, 0.25) is 0 Å². The zero-order valence-electron chi connectivity index (χ0n) is 11.6. The van der Waals surface area contributed by atoms with Crippen molar-refractivity contribution in [2.75, 3.05) is 0 Å². The average molecular weight is 276 g/mol. The summed E-state index contributed by atoms with van der Waals surface area (Å²) in [6, 6.07) is -0.182. The van der Waals surface area contributed by atoms with Gasteiger partial charge >= 0.3 is 0 Å². The van der Waals surface area contributed by atoms with Gasteiger partial charge in [0, 0.05) is 25.7 Å². The van der Waals surface area contributed by atoms with Crippen LogP contribution >= 0.6 is 0 Å². The summed E-state index contributed by atoms with van der Waals surface area (Å²) in [5.41, 5.74) is 6.39. The molecular weight excluding hydrogens is 256 g/mol. The van der Waals surface area contributed by atoms with E-state index in [9.17, 15) is 9.59 Å². The van der Waals surface area contributed by atoms with Gasteiger partial charge in [0.15, 0.2) is 0 Å². The Morgan fingerprint density at radius 2 is 2.20 bits per heavy atom. The molecule has 2 rings (SSSR count). The van der Waals surface area contributed by atoms with Crippen molar-refractivity contribution in [1.29, 1.82) is 0 Å². The lowest BCUT2D eigenvalue weighted by atomic mass is 9.88. The molecule has 0 saturated carbocycles. The van der Waals surface area contributed by atoms with E-state index in [1.807, 2.05) is 25.4 Å². The molecule has 6 heteroatoms. The predicted molar refractivity (Wildman–Crippen MR) is 74.5 cm³/mol. The highest BCUT2D eigenvalue weighted by molar-refractivity contribution is 5.81. The molecule has 0 aromatic carbocycles. The molecule has 0 fully saturated rings. The lowest BCUT2D eigenvalue weighted by molar-refractivity contribution is -0.125. The van der Waals surface area contributed by atoms with Gasteiger partial charge in [-0.3, -0.25) is 14.3 Å². The number of nitrogens with one attached hydrogen (secondary N) is 1. The van der Waals surface area contributed by atoms with Gasteiger partial charge in [0.05, 0.1) is 12.1 Å². The minimum Gasteiger partial charge on any atom is -0.369 e. The smallest absolute Gasteiger partial charge is 0.222 e. The standard InChI is InChI=1S/C14H20N4O2/c1-18-9-10(8-16-18)6-7-13(19)17-12-5-3-2-4-11(12)14(15)20/h2-3,8-9,11-12H,4-7H2,1H3,(H2,15,20)(H,17,19)/t11-,12-/m1/s1. The van der Waals surface area contributed by atoms with Crippen molar-refractivity contribution in [3.8, 4) is 0 Å². The van der Waals surface area contributed by atoms with E-state index in [0.29, 0.717) is 25.7 Å². The number of nitrogens with zero attached hydrogens (tertiary/aromatic N) is 2. The third-order valence-electron chi connectivity index (χ3n) is 3.54. The van der Waals surface area contributed by atoms with Crippen molar-refractivity contribution in [3.63, 3.8) is 0 Å². The molecule has 1 aromatic rings. The van der Waals surface area contributed by atoms with Gasteiger partial charge in [-0.1, -0.05) is 12.2 Å². The summed E-state index contributed by atoms with van der Waals surface area (Å²) in [7, 11) is 1.84. The molecule has 0 spiro atoms. The summed E-state index contributed by atoms with van der Waals surface area (Å²) in [5.74, 6) is -0.713. The number of hydrogen-bond acceptors (Lipinski definition) is 3. The molecule has 108 valence electrons. The van der Waals surface area contributed by atoms with Crippen LogP contribution in [0.1, 0.15) is 24.8 Å². The van der Waals surface area contributed by atoms with E-state index in [-0.39, 0.29) is 23.8 Å². The number of primary amides is 1. The lowest BCUT2D eigenvalue weighted by Crippen LogP contribution is -2.46. The van der Waals surface area contributed by atoms with E-state index in [1.54, 1.807) is 10.9 Å². The maximum absolute atomic E-state index is 11.9. The van der Waals surface area contributed by atoms with Crippen LogP contribution in [0, 0.1) is 5.92 Å². The number of amides is 2. The molecule has 20 heavy (non-hydrogen) atoms. The first-order valence-electron chi connectivity index (χ1n) is 6.77. The fourth-order valence-corrected chi connectivity index (χ4v) is 2.43. The van der Waals surface area contributed by atoms with E-state index in [2.05, 4.69) is 10.4 Å². The maximum Gasteiger partial charge on any atom is 0.222 e. The number of carbonyl (C=O) groups excluding carboxylic acids is 2. The molecule has 1 aliphatic carbocycles. The topological polar surface area (TPSA) is 90.0 Å². The van der Waals surface area contributed by atoms with E-state index in [0.717, 1.165) is 5.56 Å². The highest BCUT2D eigenvalue weighted by Crippen LogP contribution is 2.19. The Balaban J connectivity index is 1.84. The Morgan fingerprint density at radius 3 is 2.85 bits per heavy atom. The van der Waals surface area contributed by atoms with E-state index in [1.165, 1.54) is 0 Å². The molecule has 1 aromatic heterocycles. The van der Waals surface area contributed by atoms with Crippen LogP contribution in [0.5, 0.6) is 0 Å². The Hall–Kier alpha value is -2.11. The van der Waals surface area contributed by atoms with Gasteiger partial charge < -0.3 is 11.1 Å². The predicted octanol–water partition coefficient (Wildman–Crippen LogP) is 0.289. The molecule has 0 aliphatic heterocycles. The number of nitrogens with two attached hydrogens (primary N) is 1. The van der Waals surface area contributed by atoms with Crippen molar-refractivity contribution in [2.45, 2.75) is 31.7 Å². The van der Waals surface area contributed by atoms with Gasteiger partial charge in [0.25, 0.3) is 0 Å². The van der Waals surface area contributed by atoms with Crippen LogP contribution in [0.25, 0.3) is 0 Å². The third-order valence-corrected chi connectivity index (χ3v) is 3.54. The van der Waals surface area contributed by atoms with E-state index < -0.39 is 0 Å². The summed E-state index contributed by atoms with van der Waals surface area (Å²) in [5, 5.41) is 6.97. The van der Waals surface area contributed by atoms with Gasteiger partial charge in [-0.25, -0.2) is 0 Å². The molecule has 2 atom stereocenters. The maximum atomic E-state index is 11.9. The van der Waals surface area contributed by atoms with Crippen LogP contribution in [0.4, 0.5) is 0 Å². The first kappa shape index (κ1) is 14.3. The first-order valence-corrected chi connectivity index (χ1v) is 6.77. The summed E-state index contributed by atoms with van der Waals surface area (Å²) in [6.07, 6.45) is 9.85. The fraction of sp³-hybridized carbons (Fsp3) is 0.500. The molecule has 1 heterocycles. The van der Waals surface area contributed by atoms with Crippen molar-refractivity contribution in [3.05, 3.63) is 30.1 Å². The van der Waals surface area contributed by atoms with Crippen molar-refractivity contribution in [2.24, 2.45) is 18.7 Å². The molecular formula is C14H20N4O2. The second-order valence-corrected chi connectivity index (χ2v) is 5.15. The van der Waals surface area contributed by atoms with Crippen molar-refractivity contribution in [1.82, 2.24) is 15.1 Å². The number of rotatable bonds is 5. The summed E-state index contributed by atoms with van der Waals surface area (Å²) >= 11 is 0. The minimum absolute atomic E-state index is 0.0552. The first-order chi connectivity index (χ1) is 9.56. The summed E-state index contributed by atoms with van der Waals surface area (Å²) in [4.78, 5) is 23.3. The molecule has 0 unspecified atom stereocenters. The highest BCUT2D eigenvalue weighted by Gasteiger charge is 2.28. The lowest BCUT2D eigenvalue weighted by Gasteiger charge is -2.26. The zero-order chi connectivity index (χ0) is 14.5. The molecule has 1 aliphatic rings. The second-order valence-electron chi connectivity index (χ2n) is 5.15. The average Bonchev–Trinajstić information content (AvgIpc) is 2.83. The van der Waals surface area contributed by atoms with Crippen LogP contribution in [-0.2, 0) is 23.1 Å². The molecule has 0 bridgehead atoms. The summed E-state index contributed by atoms with van der Waals surface area (Å²) in [6.45, 7) is 0. The van der Waals surface area contributed by atoms with Crippen LogP contribution < -0.4 is 11.1 Å². The van der Waals surface area contributed by atoms with E-state index in [4.69, 9.17) is 5.73 Å². The van der Waals surface area contributed by atoms with E-state index >= 15 is 0 Å². The van der Waals surface area contributed by atoms with Crippen LogP contribution in [0.15, 0.2) is 24.5 Å². The fourth-order valence-electron chi connectivity index (χ4n) is 2.43. The molecule has 6 nitrogen and oxygen atoms in total. The Morgan fingerprint density at radius 1 is 1.45 bits per heavy atom. The molecule has 0 radical (unpaired) electrons. The Kier molecular flexibility index (Phi) is 4.55. The molecule has 3 N–H and O–H groups in total. The van der Waals surface area contributed by atoms with Crippen molar-refractivity contribution >= 4 is 11.8 Å². The number of allylic oxidation sites excluding steroid dienone is 1. The largest absolute Gasteiger partial charge is 0.369 e. The quantitative estimate of drug-likeness (QED) is 0.757. The number of hydrogen-bond donors (Lipinski definition) is 2. The summed E-state index contributed by atoms with van der Waals surface area (Å²) < 4.78 is 1.71. The second kappa shape index (κ2) is 6.36. The van der Waals surface area contributed by atoms with Gasteiger partial charge in [-0.05, 0) is 24.8 Å². The molecule has 2 amide bonds. The zero-order valence-corrected chi connectivity index (χ0v) is 11.6. The third kappa shape index (κ3) is 3.69. The number of carbonyl (C=O) groups is 2. The molecule has 0 saturated heterocycles.